The number of carbonyl (C=O) groups excluding carboxylic acids is 6. The summed E-state index contributed by atoms with van der Waals surface area (Å²) in [5, 5.41) is 40.7. The molecule has 0 unspecified atom stereocenters. The molecule has 1 aromatic rings. The van der Waals surface area contributed by atoms with Gasteiger partial charge in [0.25, 0.3) is 0 Å². The Labute approximate surface area is 266 Å². The van der Waals surface area contributed by atoms with Gasteiger partial charge in [-0.2, -0.15) is 0 Å². The Morgan fingerprint density at radius 1 is 0.696 bits per heavy atom. The summed E-state index contributed by atoms with van der Waals surface area (Å²) in [4.78, 5) is 88.0. The first-order valence-electron chi connectivity index (χ1n) is 14.6. The Morgan fingerprint density at radius 2 is 1.15 bits per heavy atom. The summed E-state index contributed by atoms with van der Waals surface area (Å²) in [5.41, 5.74) is 11.0. The molecule has 256 valence electrons. The number of phenolic OH excluding ortho intramolecular Hbond substituents is 1. The van der Waals surface area contributed by atoms with Crippen molar-refractivity contribution in [2.75, 3.05) is 6.54 Å². The molecule has 0 saturated carbocycles. The van der Waals surface area contributed by atoms with Crippen molar-refractivity contribution in [2.24, 2.45) is 23.3 Å². The van der Waals surface area contributed by atoms with E-state index in [4.69, 9.17) is 11.5 Å². The number of phenols is 1. The predicted molar refractivity (Wildman–Crippen MR) is 163 cm³/mol. The lowest BCUT2D eigenvalue weighted by atomic mass is 9.98. The highest BCUT2D eigenvalue weighted by Gasteiger charge is 2.35. The van der Waals surface area contributed by atoms with Crippen molar-refractivity contribution in [1.29, 1.82) is 0 Å². The largest absolute Gasteiger partial charge is 0.508 e. The highest BCUT2D eigenvalue weighted by molar-refractivity contribution is 5.97. The van der Waals surface area contributed by atoms with Crippen molar-refractivity contribution >= 4 is 41.4 Å². The van der Waals surface area contributed by atoms with Gasteiger partial charge in [0.2, 0.25) is 35.4 Å². The SMILES string of the molecule is CC(C)[C@H](NC(=O)[C@H](Cc1ccc(O)cc1)NC(=O)[C@H](CC(N)=O)NC(=O)CN)C(=O)N[C@H](C(=O)N[C@H](C(=O)O)[C@@H](C)O)C(C)C. The van der Waals surface area contributed by atoms with Gasteiger partial charge in [0.05, 0.1) is 19.1 Å². The first kappa shape index (κ1) is 39.3. The molecule has 0 saturated heterocycles. The van der Waals surface area contributed by atoms with Crippen LogP contribution >= 0.6 is 0 Å². The molecule has 17 heteroatoms. The van der Waals surface area contributed by atoms with E-state index >= 15 is 0 Å². The number of aliphatic hydroxyl groups is 1. The number of carboxylic acids is 1. The monoisotopic (exact) mass is 651 g/mol. The Kier molecular flexibility index (Phi) is 15.6. The summed E-state index contributed by atoms with van der Waals surface area (Å²) >= 11 is 0. The molecule has 0 aliphatic heterocycles. The maximum absolute atomic E-state index is 13.6. The van der Waals surface area contributed by atoms with Gasteiger partial charge in [-0.3, -0.25) is 28.8 Å². The molecule has 0 fully saturated rings. The number of nitrogens with one attached hydrogen (secondary N) is 5. The van der Waals surface area contributed by atoms with E-state index in [2.05, 4.69) is 26.6 Å². The summed E-state index contributed by atoms with van der Waals surface area (Å²) in [6.07, 6.45) is -2.18. The van der Waals surface area contributed by atoms with Crippen LogP contribution in [0.25, 0.3) is 0 Å². The number of aliphatic carboxylic acids is 1. The first-order chi connectivity index (χ1) is 21.4. The molecule has 0 aromatic heterocycles. The van der Waals surface area contributed by atoms with Gasteiger partial charge in [-0.1, -0.05) is 39.8 Å². The van der Waals surface area contributed by atoms with Crippen LogP contribution in [0.5, 0.6) is 5.75 Å². The highest BCUT2D eigenvalue weighted by atomic mass is 16.4. The maximum atomic E-state index is 13.6. The molecule has 0 spiro atoms. The van der Waals surface area contributed by atoms with Crippen LogP contribution in [-0.4, -0.2) is 99.6 Å². The topological polar surface area (TPSA) is 292 Å². The average molecular weight is 652 g/mol. The number of aliphatic hydroxyl groups excluding tert-OH is 1. The molecule has 0 aliphatic rings. The fourth-order valence-electron chi connectivity index (χ4n) is 4.21. The number of rotatable bonds is 18. The van der Waals surface area contributed by atoms with Crippen molar-refractivity contribution < 1.29 is 48.9 Å². The van der Waals surface area contributed by atoms with Gasteiger partial charge in [-0.15, -0.1) is 0 Å². The molecule has 1 rings (SSSR count). The molecular formula is C29H45N7O10. The minimum absolute atomic E-state index is 0.0526. The van der Waals surface area contributed by atoms with Crippen molar-refractivity contribution in [3.8, 4) is 5.75 Å². The van der Waals surface area contributed by atoms with E-state index in [1.54, 1.807) is 27.7 Å². The van der Waals surface area contributed by atoms with Crippen LogP contribution in [-0.2, 0) is 40.0 Å². The van der Waals surface area contributed by atoms with Gasteiger partial charge in [0.15, 0.2) is 6.04 Å². The summed E-state index contributed by atoms with van der Waals surface area (Å²) in [6.45, 7) is 7.11. The van der Waals surface area contributed by atoms with Crippen LogP contribution in [0.4, 0.5) is 0 Å². The third-order valence-electron chi connectivity index (χ3n) is 6.79. The zero-order valence-electron chi connectivity index (χ0n) is 26.4. The molecule has 1 aromatic carbocycles. The quantitative estimate of drug-likeness (QED) is 0.0761. The molecular weight excluding hydrogens is 606 g/mol. The Morgan fingerprint density at radius 3 is 1.57 bits per heavy atom. The lowest BCUT2D eigenvalue weighted by Gasteiger charge is -2.29. The number of carbonyl (C=O) groups is 7. The summed E-state index contributed by atoms with van der Waals surface area (Å²) in [7, 11) is 0. The molecule has 6 atom stereocenters. The Hall–Kier alpha value is -4.77. The van der Waals surface area contributed by atoms with E-state index < -0.39 is 103 Å². The van der Waals surface area contributed by atoms with Crippen molar-refractivity contribution in [2.45, 2.75) is 83.8 Å². The third kappa shape index (κ3) is 12.7. The van der Waals surface area contributed by atoms with Gasteiger partial charge >= 0.3 is 5.97 Å². The number of aromatic hydroxyl groups is 1. The highest BCUT2D eigenvalue weighted by Crippen LogP contribution is 2.13. The number of benzene rings is 1. The van der Waals surface area contributed by atoms with Crippen molar-refractivity contribution in [1.82, 2.24) is 26.6 Å². The number of amides is 6. The summed E-state index contributed by atoms with van der Waals surface area (Å²) in [6, 6.07) is -1.27. The van der Waals surface area contributed by atoms with E-state index in [0.717, 1.165) is 0 Å². The van der Waals surface area contributed by atoms with Gasteiger partial charge in [-0.25, -0.2) is 4.79 Å². The summed E-state index contributed by atoms with van der Waals surface area (Å²) < 4.78 is 0. The second kappa shape index (κ2) is 18.3. The molecule has 0 radical (unpaired) electrons. The van der Waals surface area contributed by atoms with Crippen molar-refractivity contribution in [3.63, 3.8) is 0 Å². The number of hydrogen-bond acceptors (Lipinski definition) is 10. The molecule has 46 heavy (non-hydrogen) atoms. The zero-order chi connectivity index (χ0) is 35.3. The maximum Gasteiger partial charge on any atom is 0.328 e. The minimum atomic E-state index is -1.64. The minimum Gasteiger partial charge on any atom is -0.508 e. The van der Waals surface area contributed by atoms with E-state index in [0.29, 0.717) is 5.56 Å². The lowest BCUT2D eigenvalue weighted by molar-refractivity contribution is -0.145. The standard InChI is InChI=1S/C29H45N7O10/c1-13(2)22(27(43)35-23(14(3)4)28(44)36-24(15(5)37)29(45)46)34-26(42)18(10-16-6-8-17(38)9-7-16)33-25(41)19(11-20(31)39)32-21(40)12-30/h6-9,13-15,18-19,22-24,37-38H,10-12,30H2,1-5H3,(H2,31,39)(H,32,40)(H,33,41)(H,34,42)(H,35,43)(H,36,44)(H,45,46)/t15-,18+,19+,22+,23+,24+/m1/s1. The predicted octanol–water partition coefficient (Wildman–Crippen LogP) is -3.03. The van der Waals surface area contributed by atoms with E-state index in [1.807, 2.05) is 0 Å². The smallest absolute Gasteiger partial charge is 0.328 e. The average Bonchev–Trinajstić information content (AvgIpc) is 2.96. The normalized spacial score (nSPS) is 15.0. The second-order valence-electron chi connectivity index (χ2n) is 11.5. The van der Waals surface area contributed by atoms with Gasteiger partial charge < -0.3 is 53.4 Å². The lowest BCUT2D eigenvalue weighted by Crippen LogP contribution is -2.61. The fraction of sp³-hybridized carbons (Fsp3) is 0.552. The van der Waals surface area contributed by atoms with Crippen LogP contribution in [0.3, 0.4) is 0 Å². The zero-order valence-corrected chi connectivity index (χ0v) is 26.4. The van der Waals surface area contributed by atoms with Gasteiger partial charge in [0.1, 0.15) is 29.9 Å². The van der Waals surface area contributed by atoms with E-state index in [1.165, 1.54) is 31.2 Å². The van der Waals surface area contributed by atoms with E-state index in [-0.39, 0.29) is 12.2 Å². The van der Waals surface area contributed by atoms with Crippen LogP contribution in [0, 0.1) is 11.8 Å². The Bertz CT molecular complexity index is 1250. The van der Waals surface area contributed by atoms with Gasteiger partial charge in [0, 0.05) is 6.42 Å². The number of hydrogen-bond donors (Lipinski definition) is 10. The number of nitrogens with two attached hydrogens (primary N) is 2. The molecule has 6 amide bonds. The third-order valence-corrected chi connectivity index (χ3v) is 6.79. The van der Waals surface area contributed by atoms with Crippen LogP contribution in [0.2, 0.25) is 0 Å². The van der Waals surface area contributed by atoms with Crippen LogP contribution in [0.15, 0.2) is 24.3 Å². The van der Waals surface area contributed by atoms with E-state index in [9.17, 15) is 48.9 Å². The van der Waals surface area contributed by atoms with Crippen molar-refractivity contribution in [3.05, 3.63) is 29.8 Å². The molecule has 0 aliphatic carbocycles. The molecule has 0 bridgehead atoms. The Balaban J connectivity index is 3.30. The first-order valence-corrected chi connectivity index (χ1v) is 14.6. The van der Waals surface area contributed by atoms with Crippen LogP contribution in [0.1, 0.15) is 46.6 Å². The van der Waals surface area contributed by atoms with Crippen LogP contribution < -0.4 is 38.1 Å². The molecule has 12 N–H and O–H groups in total. The second-order valence-corrected chi connectivity index (χ2v) is 11.5. The number of primary amides is 1. The summed E-state index contributed by atoms with van der Waals surface area (Å²) in [5.74, 6) is -7.75. The van der Waals surface area contributed by atoms with Gasteiger partial charge in [-0.05, 0) is 36.5 Å². The fourth-order valence-corrected chi connectivity index (χ4v) is 4.21. The number of carboxylic acid groups (broad SMARTS) is 1. The molecule has 17 nitrogen and oxygen atoms in total. The molecule has 0 heterocycles.